The second kappa shape index (κ2) is 5.40. The Morgan fingerprint density at radius 3 is 2.43 bits per heavy atom. The second-order valence-corrected chi connectivity index (χ2v) is 4.80. The van der Waals surface area contributed by atoms with Crippen LogP contribution < -0.4 is 0 Å². The molecule has 1 heterocycles. The summed E-state index contributed by atoms with van der Waals surface area (Å²) in [6.07, 6.45) is 0. The zero-order valence-corrected chi connectivity index (χ0v) is 11.8. The Morgan fingerprint density at radius 1 is 1.00 bits per heavy atom. The maximum atomic E-state index is 12.4. The summed E-state index contributed by atoms with van der Waals surface area (Å²) in [5.41, 5.74) is 2.19. The molecule has 0 N–H and O–H groups in total. The molecule has 0 aliphatic carbocycles. The quantitative estimate of drug-likeness (QED) is 0.496. The van der Waals surface area contributed by atoms with Gasteiger partial charge in [-0.3, -0.25) is 14.5 Å². The number of amides is 2. The average Bonchev–Trinajstić information content (AvgIpc) is 2.74. The highest BCUT2D eigenvalue weighted by Gasteiger charge is 2.35. The number of carbonyl (C=O) groups is 2. The van der Waals surface area contributed by atoms with Crippen molar-refractivity contribution in [3.63, 3.8) is 0 Å². The fourth-order valence-corrected chi connectivity index (χ4v) is 2.42. The number of benzene rings is 2. The van der Waals surface area contributed by atoms with E-state index in [1.165, 1.54) is 4.90 Å². The predicted octanol–water partition coefficient (Wildman–Crippen LogP) is 3.22. The van der Waals surface area contributed by atoms with Crippen LogP contribution in [-0.4, -0.2) is 21.9 Å². The summed E-state index contributed by atoms with van der Waals surface area (Å²) in [6, 6.07) is 14.2. The third kappa shape index (κ3) is 2.40. The molecule has 0 atom stereocenters. The Morgan fingerprint density at radius 2 is 1.71 bits per heavy atom. The number of carbonyl (C=O) groups excluding carboxylic acids is 2. The molecule has 102 valence electrons. The van der Waals surface area contributed by atoms with Gasteiger partial charge in [0.15, 0.2) is 0 Å². The molecule has 0 unspecified atom stereocenters. The van der Waals surface area contributed by atoms with Gasteiger partial charge in [0, 0.05) is 0 Å². The number of fused-ring (bicyclic) bond motifs is 1. The lowest BCUT2D eigenvalue weighted by atomic mass is 10.1. The number of hydrogen-bond acceptors (Lipinski definition) is 4. The predicted molar refractivity (Wildman–Crippen MR) is 81.8 cm³/mol. The number of nitrogens with zero attached hydrogens (tertiary/aromatic N) is 2. The van der Waals surface area contributed by atoms with Gasteiger partial charge in [-0.1, -0.05) is 30.3 Å². The van der Waals surface area contributed by atoms with E-state index in [1.54, 1.807) is 18.2 Å². The third-order valence-electron chi connectivity index (χ3n) is 3.31. The molecule has 0 spiro atoms. The smallest absolute Gasteiger partial charge is 0.261 e. The minimum atomic E-state index is -0.305. The Bertz CT molecular complexity index is 780. The van der Waals surface area contributed by atoms with Crippen LogP contribution in [0, 0.1) is 0 Å². The lowest BCUT2D eigenvalue weighted by Crippen LogP contribution is -2.29. The van der Waals surface area contributed by atoms with Gasteiger partial charge in [-0.2, -0.15) is 4.99 Å². The van der Waals surface area contributed by atoms with E-state index in [-0.39, 0.29) is 18.4 Å². The van der Waals surface area contributed by atoms with E-state index in [2.05, 4.69) is 22.4 Å². The molecule has 1 aliphatic heterocycles. The highest BCUT2D eigenvalue weighted by atomic mass is 32.1. The molecule has 21 heavy (non-hydrogen) atoms. The van der Waals surface area contributed by atoms with Gasteiger partial charge in [-0.15, -0.1) is 0 Å². The van der Waals surface area contributed by atoms with Gasteiger partial charge in [0.1, 0.15) is 0 Å². The van der Waals surface area contributed by atoms with E-state index in [0.29, 0.717) is 16.8 Å². The van der Waals surface area contributed by atoms with E-state index in [1.807, 2.05) is 30.3 Å². The first-order valence-electron chi connectivity index (χ1n) is 6.33. The van der Waals surface area contributed by atoms with Crippen molar-refractivity contribution in [3.8, 4) is 0 Å². The van der Waals surface area contributed by atoms with Crippen LogP contribution in [-0.2, 0) is 6.54 Å². The van der Waals surface area contributed by atoms with Crippen molar-refractivity contribution in [2.45, 2.75) is 6.54 Å². The van der Waals surface area contributed by atoms with Gasteiger partial charge < -0.3 is 0 Å². The SMILES string of the molecule is O=C1c2ccc(N=C=S)cc2C(=O)N1Cc1ccccc1. The number of hydrogen-bond donors (Lipinski definition) is 0. The molecule has 5 heteroatoms. The zero-order valence-electron chi connectivity index (χ0n) is 10.9. The maximum absolute atomic E-state index is 12.4. The van der Waals surface area contributed by atoms with Crippen LogP contribution in [0.25, 0.3) is 0 Å². The molecule has 0 saturated carbocycles. The zero-order chi connectivity index (χ0) is 14.8. The molecule has 0 radical (unpaired) electrons. The number of imide groups is 1. The van der Waals surface area contributed by atoms with Crippen LogP contribution in [0.5, 0.6) is 0 Å². The Hall–Kier alpha value is -2.62. The molecule has 0 aromatic heterocycles. The Balaban J connectivity index is 1.95. The molecule has 4 nitrogen and oxygen atoms in total. The maximum Gasteiger partial charge on any atom is 0.261 e. The van der Waals surface area contributed by atoms with Crippen LogP contribution in [0.4, 0.5) is 5.69 Å². The van der Waals surface area contributed by atoms with E-state index in [4.69, 9.17) is 0 Å². The topological polar surface area (TPSA) is 49.7 Å². The number of thiocarbonyl (C=S) groups is 1. The van der Waals surface area contributed by atoms with Crippen LogP contribution in [0.1, 0.15) is 26.3 Å². The van der Waals surface area contributed by atoms with Crippen molar-refractivity contribution in [2.75, 3.05) is 0 Å². The third-order valence-corrected chi connectivity index (χ3v) is 3.40. The molecule has 1 aliphatic rings. The fraction of sp³-hybridized carbons (Fsp3) is 0.0625. The van der Waals surface area contributed by atoms with Gasteiger partial charge in [0.25, 0.3) is 11.8 Å². The first kappa shape index (κ1) is 13.4. The first-order valence-corrected chi connectivity index (χ1v) is 6.73. The molecule has 3 rings (SSSR count). The van der Waals surface area contributed by atoms with Crippen molar-refractivity contribution in [2.24, 2.45) is 4.99 Å². The highest BCUT2D eigenvalue weighted by molar-refractivity contribution is 7.78. The summed E-state index contributed by atoms with van der Waals surface area (Å²) in [5.74, 6) is -0.586. The van der Waals surface area contributed by atoms with Crippen molar-refractivity contribution >= 4 is 34.9 Å². The Labute approximate surface area is 126 Å². The number of aliphatic imine (C=N–C) groups is 1. The minimum Gasteiger partial charge on any atom is -0.270 e. The Kier molecular flexibility index (Phi) is 3.44. The molecule has 2 aromatic carbocycles. The van der Waals surface area contributed by atoms with Gasteiger partial charge in [-0.25, -0.2) is 0 Å². The molecule has 0 fully saturated rings. The van der Waals surface area contributed by atoms with Crippen LogP contribution in [0.15, 0.2) is 53.5 Å². The molecular weight excluding hydrogens is 284 g/mol. The van der Waals surface area contributed by atoms with Crippen LogP contribution in [0.2, 0.25) is 0 Å². The largest absolute Gasteiger partial charge is 0.270 e. The monoisotopic (exact) mass is 294 g/mol. The summed E-state index contributed by atoms with van der Waals surface area (Å²) in [7, 11) is 0. The summed E-state index contributed by atoms with van der Waals surface area (Å²) in [4.78, 5) is 29.8. The van der Waals surface area contributed by atoms with Crippen molar-refractivity contribution in [3.05, 3.63) is 65.2 Å². The molecule has 0 saturated heterocycles. The van der Waals surface area contributed by atoms with Crippen LogP contribution >= 0.6 is 12.2 Å². The molecule has 0 bridgehead atoms. The fourth-order valence-electron chi connectivity index (χ4n) is 2.31. The lowest BCUT2D eigenvalue weighted by molar-refractivity contribution is 0.0642. The van der Waals surface area contributed by atoms with Crippen molar-refractivity contribution in [1.82, 2.24) is 4.90 Å². The lowest BCUT2D eigenvalue weighted by Gasteiger charge is -2.13. The summed E-state index contributed by atoms with van der Waals surface area (Å²) >= 11 is 4.55. The summed E-state index contributed by atoms with van der Waals surface area (Å²) in [5, 5.41) is 2.25. The number of isothiocyanates is 1. The minimum absolute atomic E-state index is 0.263. The van der Waals surface area contributed by atoms with Crippen LogP contribution in [0.3, 0.4) is 0 Å². The standard InChI is InChI=1S/C16H10N2O2S/c19-15-13-7-6-12(17-10-21)8-14(13)16(20)18(15)9-11-4-2-1-3-5-11/h1-8H,9H2. The van der Waals surface area contributed by atoms with E-state index < -0.39 is 0 Å². The van der Waals surface area contributed by atoms with Crippen molar-refractivity contribution in [1.29, 1.82) is 0 Å². The summed E-state index contributed by atoms with van der Waals surface area (Å²) < 4.78 is 0. The summed E-state index contributed by atoms with van der Waals surface area (Å²) in [6.45, 7) is 0.263. The van der Waals surface area contributed by atoms with Gasteiger partial charge >= 0.3 is 0 Å². The van der Waals surface area contributed by atoms with Gasteiger partial charge in [0.05, 0.1) is 28.5 Å². The van der Waals surface area contributed by atoms with Gasteiger partial charge in [-0.05, 0) is 36.0 Å². The molecule has 2 aromatic rings. The van der Waals surface area contributed by atoms with E-state index in [9.17, 15) is 9.59 Å². The number of rotatable bonds is 3. The van der Waals surface area contributed by atoms with E-state index in [0.717, 1.165) is 5.56 Å². The second-order valence-electron chi connectivity index (χ2n) is 4.62. The molecular formula is C16H10N2O2S. The van der Waals surface area contributed by atoms with E-state index >= 15 is 0 Å². The highest BCUT2D eigenvalue weighted by Crippen LogP contribution is 2.28. The normalized spacial score (nSPS) is 13.0. The first-order chi connectivity index (χ1) is 10.2. The average molecular weight is 294 g/mol. The van der Waals surface area contributed by atoms with Gasteiger partial charge in [0.2, 0.25) is 0 Å². The van der Waals surface area contributed by atoms with Crippen molar-refractivity contribution < 1.29 is 9.59 Å². The molecule has 2 amide bonds.